The lowest BCUT2D eigenvalue weighted by Crippen LogP contribution is -2.47. The maximum atomic E-state index is 14.5. The highest BCUT2D eigenvalue weighted by molar-refractivity contribution is 7.89. The standard InChI is InChI=1S/C22H25FN2O5S/c1-2-16-5-3-4-6-19(16)24-21(26)17-7-8-18(23)20(15-17)31(27,28)25-11-9-22(10-12-25)29-13-14-30-22/h3-8,15H,2,9-14H2,1H3,(H,24,26). The highest BCUT2D eigenvalue weighted by Gasteiger charge is 2.43. The first kappa shape index (κ1) is 21.9. The molecule has 2 aromatic carbocycles. The Morgan fingerprint density at radius 3 is 2.48 bits per heavy atom. The summed E-state index contributed by atoms with van der Waals surface area (Å²) < 4.78 is 53.2. The fraction of sp³-hybridized carbons (Fsp3) is 0.409. The van der Waals surface area contributed by atoms with Gasteiger partial charge in [-0.3, -0.25) is 4.79 Å². The van der Waals surface area contributed by atoms with Crippen molar-refractivity contribution >= 4 is 21.6 Å². The van der Waals surface area contributed by atoms with Crippen LogP contribution in [0.1, 0.15) is 35.7 Å². The number of hydrogen-bond donors (Lipinski definition) is 1. The average molecular weight is 449 g/mol. The van der Waals surface area contributed by atoms with Gasteiger partial charge in [-0.05, 0) is 36.2 Å². The number of benzene rings is 2. The predicted octanol–water partition coefficient (Wildman–Crippen LogP) is 3.17. The molecule has 0 aromatic heterocycles. The highest BCUT2D eigenvalue weighted by Crippen LogP contribution is 2.34. The second kappa shape index (κ2) is 8.66. The third-order valence-electron chi connectivity index (χ3n) is 5.76. The third-order valence-corrected chi connectivity index (χ3v) is 7.67. The van der Waals surface area contributed by atoms with Gasteiger partial charge in [-0.1, -0.05) is 25.1 Å². The minimum atomic E-state index is -4.11. The van der Waals surface area contributed by atoms with Crippen LogP contribution in [0.2, 0.25) is 0 Å². The molecule has 1 amide bonds. The van der Waals surface area contributed by atoms with Gasteiger partial charge in [-0.2, -0.15) is 4.31 Å². The first-order valence-electron chi connectivity index (χ1n) is 10.3. The maximum absolute atomic E-state index is 14.5. The molecule has 2 aromatic rings. The van der Waals surface area contributed by atoms with Crippen LogP contribution >= 0.6 is 0 Å². The van der Waals surface area contributed by atoms with Gasteiger partial charge in [-0.25, -0.2) is 12.8 Å². The monoisotopic (exact) mass is 448 g/mol. The zero-order valence-electron chi connectivity index (χ0n) is 17.3. The Hall–Kier alpha value is -2.33. The topological polar surface area (TPSA) is 84.9 Å². The molecule has 4 rings (SSSR count). The Morgan fingerprint density at radius 2 is 1.81 bits per heavy atom. The number of carbonyl (C=O) groups is 1. The summed E-state index contributed by atoms with van der Waals surface area (Å²) in [5.41, 5.74) is 1.66. The molecule has 2 saturated heterocycles. The summed E-state index contributed by atoms with van der Waals surface area (Å²) in [6.07, 6.45) is 1.48. The molecule has 1 N–H and O–H groups in total. The number of aryl methyl sites for hydroxylation is 1. The van der Waals surface area contributed by atoms with Gasteiger partial charge in [0.15, 0.2) is 5.79 Å². The van der Waals surface area contributed by atoms with Crippen molar-refractivity contribution in [3.05, 3.63) is 59.4 Å². The van der Waals surface area contributed by atoms with E-state index in [0.717, 1.165) is 24.1 Å². The summed E-state index contributed by atoms with van der Waals surface area (Å²) in [7, 11) is -4.11. The summed E-state index contributed by atoms with van der Waals surface area (Å²) in [4.78, 5) is 12.2. The number of para-hydroxylation sites is 1. The number of sulfonamides is 1. The molecular formula is C22H25FN2O5S. The minimum Gasteiger partial charge on any atom is -0.347 e. The van der Waals surface area contributed by atoms with Crippen LogP contribution in [-0.2, 0) is 25.9 Å². The van der Waals surface area contributed by atoms with Crippen molar-refractivity contribution < 1.29 is 27.1 Å². The fourth-order valence-corrected chi connectivity index (χ4v) is 5.51. The van der Waals surface area contributed by atoms with E-state index >= 15 is 0 Å². The number of nitrogens with zero attached hydrogens (tertiary/aromatic N) is 1. The predicted molar refractivity (Wildman–Crippen MR) is 113 cm³/mol. The summed E-state index contributed by atoms with van der Waals surface area (Å²) in [5, 5.41) is 2.79. The number of rotatable bonds is 5. The fourth-order valence-electron chi connectivity index (χ4n) is 3.98. The Bertz CT molecular complexity index is 1070. The summed E-state index contributed by atoms with van der Waals surface area (Å²) in [6.45, 7) is 3.25. The van der Waals surface area contributed by atoms with E-state index in [1.807, 2.05) is 19.1 Å². The molecule has 0 atom stereocenters. The van der Waals surface area contributed by atoms with E-state index in [9.17, 15) is 17.6 Å². The van der Waals surface area contributed by atoms with E-state index in [-0.39, 0.29) is 18.7 Å². The van der Waals surface area contributed by atoms with Gasteiger partial charge in [0, 0.05) is 37.2 Å². The van der Waals surface area contributed by atoms with Crippen LogP contribution in [0.25, 0.3) is 0 Å². The highest BCUT2D eigenvalue weighted by atomic mass is 32.2. The number of piperidine rings is 1. The van der Waals surface area contributed by atoms with Gasteiger partial charge >= 0.3 is 0 Å². The van der Waals surface area contributed by atoms with Crippen molar-refractivity contribution in [1.82, 2.24) is 4.31 Å². The number of carbonyl (C=O) groups excluding carboxylic acids is 1. The number of hydrogen-bond acceptors (Lipinski definition) is 5. The summed E-state index contributed by atoms with van der Waals surface area (Å²) in [5.74, 6) is -2.12. The lowest BCUT2D eigenvalue weighted by atomic mass is 10.1. The van der Waals surface area contributed by atoms with Gasteiger partial charge in [0.25, 0.3) is 5.91 Å². The Labute approximate surface area is 181 Å². The molecule has 0 radical (unpaired) electrons. The summed E-state index contributed by atoms with van der Waals surface area (Å²) in [6, 6.07) is 10.7. The number of ether oxygens (including phenoxy) is 2. The van der Waals surface area contributed by atoms with E-state index in [1.54, 1.807) is 12.1 Å². The van der Waals surface area contributed by atoms with Gasteiger partial charge in [0.1, 0.15) is 10.7 Å². The van der Waals surface area contributed by atoms with Crippen LogP contribution < -0.4 is 5.32 Å². The molecule has 2 fully saturated rings. The average Bonchev–Trinajstić information content (AvgIpc) is 3.22. The number of anilines is 1. The first-order chi connectivity index (χ1) is 14.8. The molecule has 9 heteroatoms. The second-order valence-electron chi connectivity index (χ2n) is 7.62. The molecule has 1 spiro atoms. The van der Waals surface area contributed by atoms with Crippen molar-refractivity contribution in [1.29, 1.82) is 0 Å². The van der Waals surface area contributed by atoms with Crippen LogP contribution in [0.3, 0.4) is 0 Å². The van der Waals surface area contributed by atoms with Crippen molar-refractivity contribution in [3.8, 4) is 0 Å². The number of amides is 1. The van der Waals surface area contributed by atoms with Crippen LogP contribution in [-0.4, -0.2) is 50.7 Å². The molecule has 0 saturated carbocycles. The first-order valence-corrected chi connectivity index (χ1v) is 11.8. The van der Waals surface area contributed by atoms with Crippen molar-refractivity contribution in [2.45, 2.75) is 36.9 Å². The van der Waals surface area contributed by atoms with Gasteiger partial charge in [-0.15, -0.1) is 0 Å². The van der Waals surface area contributed by atoms with Crippen LogP contribution in [0.4, 0.5) is 10.1 Å². The lowest BCUT2D eigenvalue weighted by Gasteiger charge is -2.36. The zero-order chi connectivity index (χ0) is 22.1. The maximum Gasteiger partial charge on any atom is 0.255 e. The lowest BCUT2D eigenvalue weighted by molar-refractivity contribution is -0.179. The van der Waals surface area contributed by atoms with Crippen LogP contribution in [0.5, 0.6) is 0 Å². The molecule has 0 unspecified atom stereocenters. The van der Waals surface area contributed by atoms with Crippen molar-refractivity contribution in [2.24, 2.45) is 0 Å². The second-order valence-corrected chi connectivity index (χ2v) is 9.53. The Morgan fingerprint density at radius 1 is 1.13 bits per heavy atom. The van der Waals surface area contributed by atoms with Crippen LogP contribution in [0, 0.1) is 5.82 Å². The van der Waals surface area contributed by atoms with Crippen molar-refractivity contribution in [3.63, 3.8) is 0 Å². The third kappa shape index (κ3) is 4.36. The number of nitrogens with one attached hydrogen (secondary N) is 1. The zero-order valence-corrected chi connectivity index (χ0v) is 18.1. The molecule has 166 valence electrons. The number of halogens is 1. The smallest absolute Gasteiger partial charge is 0.255 e. The largest absolute Gasteiger partial charge is 0.347 e. The molecule has 2 aliphatic rings. The molecular weight excluding hydrogens is 423 g/mol. The Balaban J connectivity index is 1.55. The van der Waals surface area contributed by atoms with E-state index in [0.29, 0.717) is 31.7 Å². The van der Waals surface area contributed by atoms with E-state index in [1.165, 1.54) is 10.4 Å². The van der Waals surface area contributed by atoms with E-state index in [4.69, 9.17) is 9.47 Å². The van der Waals surface area contributed by atoms with E-state index in [2.05, 4.69) is 5.32 Å². The Kier molecular flexibility index (Phi) is 6.11. The van der Waals surface area contributed by atoms with Crippen LogP contribution in [0.15, 0.2) is 47.4 Å². The van der Waals surface area contributed by atoms with Gasteiger partial charge in [0.2, 0.25) is 10.0 Å². The normalized spacial score (nSPS) is 18.9. The quantitative estimate of drug-likeness (QED) is 0.760. The molecule has 31 heavy (non-hydrogen) atoms. The summed E-state index contributed by atoms with van der Waals surface area (Å²) >= 11 is 0. The molecule has 0 aliphatic carbocycles. The van der Waals surface area contributed by atoms with Crippen molar-refractivity contribution in [2.75, 3.05) is 31.6 Å². The molecule has 7 nitrogen and oxygen atoms in total. The van der Waals surface area contributed by atoms with Gasteiger partial charge < -0.3 is 14.8 Å². The molecule has 2 aliphatic heterocycles. The minimum absolute atomic E-state index is 0.0711. The van der Waals surface area contributed by atoms with E-state index < -0.39 is 32.4 Å². The SMILES string of the molecule is CCc1ccccc1NC(=O)c1ccc(F)c(S(=O)(=O)N2CCC3(CC2)OCCO3)c1. The molecule has 0 bridgehead atoms. The molecule has 2 heterocycles. The van der Waals surface area contributed by atoms with Gasteiger partial charge in [0.05, 0.1) is 13.2 Å².